The topological polar surface area (TPSA) is 25.8 Å². The smallest absolute Gasteiger partial charge is 0.159 e. The van der Waals surface area contributed by atoms with E-state index in [0.717, 1.165) is 15.3 Å². The second-order valence-corrected chi connectivity index (χ2v) is 4.92. The summed E-state index contributed by atoms with van der Waals surface area (Å²) in [6.07, 6.45) is 1.62. The number of aromatic nitrogens is 2. The van der Waals surface area contributed by atoms with Crippen LogP contribution in [0.25, 0.3) is 11.4 Å². The summed E-state index contributed by atoms with van der Waals surface area (Å²) in [6, 6.07) is 3.65. The Morgan fingerprint density at radius 3 is 2.69 bits per heavy atom. The molecular weight excluding hydrogens is 272 g/mol. The minimum absolute atomic E-state index is 0.637. The molecule has 2 nitrogen and oxygen atoms in total. The van der Waals surface area contributed by atoms with Gasteiger partial charge in [0.2, 0.25) is 0 Å². The summed E-state index contributed by atoms with van der Waals surface area (Å²) in [4.78, 5) is 8.39. The van der Waals surface area contributed by atoms with Crippen molar-refractivity contribution >= 4 is 38.9 Å². The first-order chi connectivity index (χ1) is 6.25. The third-order valence-electron chi connectivity index (χ3n) is 1.47. The van der Waals surface area contributed by atoms with Crippen LogP contribution in [-0.4, -0.2) is 9.97 Å². The molecule has 2 aromatic rings. The molecule has 0 amide bonds. The Bertz CT molecular complexity index is 412. The van der Waals surface area contributed by atoms with Crippen molar-refractivity contribution in [3.63, 3.8) is 0 Å². The van der Waals surface area contributed by atoms with Crippen molar-refractivity contribution in [3.05, 3.63) is 32.6 Å². The standard InChI is InChI=1S/C8H4BrClN2S/c9-8-12-7(4-13-8)6-2-1-5(10)3-11-6/h1-4H. The van der Waals surface area contributed by atoms with Crippen molar-refractivity contribution in [3.8, 4) is 11.4 Å². The molecule has 0 spiro atoms. The highest BCUT2D eigenvalue weighted by molar-refractivity contribution is 9.11. The summed E-state index contributed by atoms with van der Waals surface area (Å²) in [5.41, 5.74) is 1.71. The van der Waals surface area contributed by atoms with E-state index >= 15 is 0 Å². The lowest BCUT2D eigenvalue weighted by atomic mass is 10.3. The monoisotopic (exact) mass is 274 g/mol. The molecule has 0 aliphatic heterocycles. The van der Waals surface area contributed by atoms with Crippen LogP contribution in [-0.2, 0) is 0 Å². The Balaban J connectivity index is 2.41. The first kappa shape index (κ1) is 9.12. The van der Waals surface area contributed by atoms with Gasteiger partial charge in [0.25, 0.3) is 0 Å². The first-order valence-electron chi connectivity index (χ1n) is 3.48. The quantitative estimate of drug-likeness (QED) is 0.794. The first-order valence-corrected chi connectivity index (χ1v) is 5.54. The van der Waals surface area contributed by atoms with Crippen LogP contribution in [0.4, 0.5) is 0 Å². The van der Waals surface area contributed by atoms with Crippen molar-refractivity contribution in [2.45, 2.75) is 0 Å². The lowest BCUT2D eigenvalue weighted by Crippen LogP contribution is -1.81. The molecule has 0 aliphatic carbocycles. The van der Waals surface area contributed by atoms with Gasteiger partial charge in [-0.2, -0.15) is 0 Å². The highest BCUT2D eigenvalue weighted by Gasteiger charge is 2.02. The minimum atomic E-state index is 0.637. The van der Waals surface area contributed by atoms with Crippen LogP contribution in [0.3, 0.4) is 0 Å². The Morgan fingerprint density at radius 2 is 2.15 bits per heavy atom. The van der Waals surface area contributed by atoms with Crippen molar-refractivity contribution in [2.24, 2.45) is 0 Å². The molecule has 0 bridgehead atoms. The molecule has 0 N–H and O–H groups in total. The van der Waals surface area contributed by atoms with Crippen LogP contribution in [0.5, 0.6) is 0 Å². The van der Waals surface area contributed by atoms with Gasteiger partial charge in [-0.3, -0.25) is 4.98 Å². The number of nitrogens with zero attached hydrogens (tertiary/aromatic N) is 2. The molecule has 0 aromatic carbocycles. The lowest BCUT2D eigenvalue weighted by molar-refractivity contribution is 1.27. The molecule has 13 heavy (non-hydrogen) atoms. The number of halogens is 2. The average Bonchev–Trinajstić information content (AvgIpc) is 2.53. The van der Waals surface area contributed by atoms with Crippen molar-refractivity contribution in [1.29, 1.82) is 0 Å². The van der Waals surface area contributed by atoms with Crippen molar-refractivity contribution in [2.75, 3.05) is 0 Å². The maximum atomic E-state index is 5.71. The van der Waals surface area contributed by atoms with Gasteiger partial charge < -0.3 is 0 Å². The Kier molecular flexibility index (Phi) is 2.62. The summed E-state index contributed by atoms with van der Waals surface area (Å²) in [7, 11) is 0. The van der Waals surface area contributed by atoms with E-state index in [4.69, 9.17) is 11.6 Å². The molecule has 0 unspecified atom stereocenters. The van der Waals surface area contributed by atoms with Crippen LogP contribution in [0, 0.1) is 0 Å². The minimum Gasteiger partial charge on any atom is -0.253 e. The molecule has 2 rings (SSSR count). The molecule has 0 saturated carbocycles. The van der Waals surface area contributed by atoms with Gasteiger partial charge in [-0.15, -0.1) is 11.3 Å². The number of thiazole rings is 1. The van der Waals surface area contributed by atoms with E-state index < -0.39 is 0 Å². The summed E-state index contributed by atoms with van der Waals surface area (Å²) in [5, 5.41) is 2.58. The highest BCUT2D eigenvalue weighted by Crippen LogP contribution is 2.23. The van der Waals surface area contributed by atoms with Crippen LogP contribution in [0.15, 0.2) is 27.6 Å². The van der Waals surface area contributed by atoms with E-state index in [1.54, 1.807) is 12.3 Å². The van der Waals surface area contributed by atoms with Crippen LogP contribution in [0.1, 0.15) is 0 Å². The number of rotatable bonds is 1. The van der Waals surface area contributed by atoms with E-state index in [2.05, 4.69) is 25.9 Å². The predicted octanol–water partition coefficient (Wildman–Crippen LogP) is 3.62. The fraction of sp³-hybridized carbons (Fsp3) is 0. The lowest BCUT2D eigenvalue weighted by Gasteiger charge is -1.94. The Labute approximate surface area is 92.7 Å². The van der Waals surface area contributed by atoms with Crippen LogP contribution < -0.4 is 0 Å². The van der Waals surface area contributed by atoms with Gasteiger partial charge in [0.15, 0.2) is 3.92 Å². The molecule has 66 valence electrons. The maximum Gasteiger partial charge on any atom is 0.159 e. The third-order valence-corrected chi connectivity index (χ3v) is 3.05. The number of pyridine rings is 1. The summed E-state index contributed by atoms with van der Waals surface area (Å²) >= 11 is 10.5. The third kappa shape index (κ3) is 2.07. The van der Waals surface area contributed by atoms with E-state index in [9.17, 15) is 0 Å². The second kappa shape index (κ2) is 3.74. The van der Waals surface area contributed by atoms with E-state index in [-0.39, 0.29) is 0 Å². The maximum absolute atomic E-state index is 5.71. The molecule has 0 radical (unpaired) electrons. The molecular formula is C8H4BrClN2S. The average molecular weight is 276 g/mol. The van der Waals surface area contributed by atoms with Gasteiger partial charge in [0.1, 0.15) is 5.69 Å². The fourth-order valence-corrected chi connectivity index (χ4v) is 2.01. The van der Waals surface area contributed by atoms with E-state index in [1.807, 2.05) is 11.4 Å². The predicted molar refractivity (Wildman–Crippen MR) is 58.1 cm³/mol. The fourth-order valence-electron chi connectivity index (χ4n) is 0.897. The van der Waals surface area contributed by atoms with Crippen molar-refractivity contribution < 1.29 is 0 Å². The van der Waals surface area contributed by atoms with Gasteiger partial charge in [-0.25, -0.2) is 4.98 Å². The molecule has 0 fully saturated rings. The number of hydrogen-bond acceptors (Lipinski definition) is 3. The Hall–Kier alpha value is -0.450. The summed E-state index contributed by atoms with van der Waals surface area (Å²) < 4.78 is 0.860. The number of hydrogen-bond donors (Lipinski definition) is 0. The van der Waals surface area contributed by atoms with Crippen LogP contribution in [0.2, 0.25) is 5.02 Å². The molecule has 5 heteroatoms. The van der Waals surface area contributed by atoms with E-state index in [0.29, 0.717) is 5.02 Å². The summed E-state index contributed by atoms with van der Waals surface area (Å²) in [6.45, 7) is 0. The zero-order chi connectivity index (χ0) is 9.26. The summed E-state index contributed by atoms with van der Waals surface area (Å²) in [5.74, 6) is 0. The second-order valence-electron chi connectivity index (χ2n) is 2.35. The zero-order valence-corrected chi connectivity index (χ0v) is 9.53. The van der Waals surface area contributed by atoms with Gasteiger partial charge in [0.05, 0.1) is 10.7 Å². The van der Waals surface area contributed by atoms with Gasteiger partial charge in [0, 0.05) is 11.6 Å². The largest absolute Gasteiger partial charge is 0.253 e. The van der Waals surface area contributed by atoms with E-state index in [1.165, 1.54) is 11.3 Å². The van der Waals surface area contributed by atoms with Gasteiger partial charge in [-0.1, -0.05) is 11.6 Å². The molecule has 0 saturated heterocycles. The van der Waals surface area contributed by atoms with Crippen molar-refractivity contribution in [1.82, 2.24) is 9.97 Å². The molecule has 0 atom stereocenters. The normalized spacial score (nSPS) is 10.3. The molecule has 0 aliphatic rings. The van der Waals surface area contributed by atoms with Crippen LogP contribution >= 0.6 is 38.9 Å². The highest BCUT2D eigenvalue weighted by atomic mass is 79.9. The SMILES string of the molecule is Clc1ccc(-c2csc(Br)n2)nc1. The van der Waals surface area contributed by atoms with Gasteiger partial charge in [-0.05, 0) is 28.1 Å². The van der Waals surface area contributed by atoms with Gasteiger partial charge >= 0.3 is 0 Å². The zero-order valence-electron chi connectivity index (χ0n) is 6.37. The Morgan fingerprint density at radius 1 is 1.31 bits per heavy atom. The molecule has 2 aromatic heterocycles. The molecule has 2 heterocycles.